The Kier molecular flexibility index (Phi) is 4.93. The molecular weight excluding hydrogens is 441 g/mol. The van der Waals surface area contributed by atoms with Gasteiger partial charge in [-0.05, 0) is 83.1 Å². The number of nitrogens with zero attached hydrogens (tertiary/aromatic N) is 1. The van der Waals surface area contributed by atoms with Gasteiger partial charge in [0.25, 0.3) is 5.91 Å². The third kappa shape index (κ3) is 3.49. The number of carbonyl (C=O) groups is 1. The van der Waals surface area contributed by atoms with Crippen LogP contribution in [0.4, 0.5) is 10.2 Å². The molecule has 0 fully saturated rings. The second kappa shape index (κ2) is 8.03. The standard InChI is InChI=1S/C29H24FN3O2/c1-15-11-26(31)33-16(2)24(15)14-32-29(34)18-8-10-21-23(13-18)28-20-9-7-17(12-22(20)27(21)35-28)19-5-3-4-6-25(19)30/h3-13,27-28H,14H2,1-2H3,(H2,31,33)(H,32,34)/t27-,28-/m1/s1. The lowest BCUT2D eigenvalue weighted by Crippen LogP contribution is -2.24. The van der Waals surface area contributed by atoms with Gasteiger partial charge in [-0.15, -0.1) is 0 Å². The highest BCUT2D eigenvalue weighted by molar-refractivity contribution is 5.94. The molecule has 6 rings (SSSR count). The molecule has 5 nitrogen and oxygen atoms in total. The molecule has 1 amide bonds. The Morgan fingerprint density at radius 1 is 0.971 bits per heavy atom. The number of pyridine rings is 1. The van der Waals surface area contributed by atoms with Crippen LogP contribution in [0.5, 0.6) is 0 Å². The van der Waals surface area contributed by atoms with Crippen LogP contribution < -0.4 is 11.1 Å². The van der Waals surface area contributed by atoms with Crippen LogP contribution in [-0.2, 0) is 11.3 Å². The van der Waals surface area contributed by atoms with Gasteiger partial charge in [-0.1, -0.05) is 36.4 Å². The molecule has 0 saturated heterocycles. The Morgan fingerprint density at radius 2 is 1.69 bits per heavy atom. The van der Waals surface area contributed by atoms with E-state index in [1.165, 1.54) is 6.07 Å². The van der Waals surface area contributed by atoms with Crippen LogP contribution in [0, 0.1) is 19.7 Å². The summed E-state index contributed by atoms with van der Waals surface area (Å²) in [6, 6.07) is 20.3. The number of ether oxygens (including phenoxy) is 1. The molecule has 0 radical (unpaired) electrons. The number of aryl methyl sites for hydroxylation is 2. The quantitative estimate of drug-likeness (QED) is 0.415. The average Bonchev–Trinajstić information content (AvgIpc) is 3.40. The van der Waals surface area contributed by atoms with Gasteiger partial charge in [-0.2, -0.15) is 0 Å². The number of hydrogen-bond donors (Lipinski definition) is 2. The van der Waals surface area contributed by atoms with E-state index in [1.807, 2.05) is 62.4 Å². The Bertz CT molecular complexity index is 1490. The summed E-state index contributed by atoms with van der Waals surface area (Å²) >= 11 is 0. The van der Waals surface area contributed by atoms with Crippen molar-refractivity contribution < 1.29 is 13.9 Å². The summed E-state index contributed by atoms with van der Waals surface area (Å²) in [7, 11) is 0. The topological polar surface area (TPSA) is 77.2 Å². The number of aromatic nitrogens is 1. The number of anilines is 1. The molecule has 2 bridgehead atoms. The highest BCUT2D eigenvalue weighted by Crippen LogP contribution is 2.54. The molecule has 0 aliphatic carbocycles. The Morgan fingerprint density at radius 3 is 2.43 bits per heavy atom. The molecule has 3 heterocycles. The van der Waals surface area contributed by atoms with Crippen LogP contribution in [0.1, 0.15) is 61.6 Å². The largest absolute Gasteiger partial charge is 0.384 e. The number of hydrogen-bond acceptors (Lipinski definition) is 4. The van der Waals surface area contributed by atoms with Crippen molar-refractivity contribution in [3.05, 3.63) is 117 Å². The highest BCUT2D eigenvalue weighted by atomic mass is 19.1. The van der Waals surface area contributed by atoms with Gasteiger partial charge in [0.2, 0.25) is 0 Å². The van der Waals surface area contributed by atoms with Gasteiger partial charge in [0.15, 0.2) is 0 Å². The SMILES string of the molecule is Cc1cc(N)nc(C)c1CNC(=O)c1ccc2c(c1)[C@@H]1O[C@H]2c2cc(-c3ccccc3F)ccc21. The maximum Gasteiger partial charge on any atom is 0.251 e. The van der Waals surface area contributed by atoms with Crippen LogP contribution in [0.25, 0.3) is 11.1 Å². The predicted molar refractivity (Wildman–Crippen MR) is 132 cm³/mol. The predicted octanol–water partition coefficient (Wildman–Crippen LogP) is 5.54. The monoisotopic (exact) mass is 465 g/mol. The molecule has 0 unspecified atom stereocenters. The molecule has 35 heavy (non-hydrogen) atoms. The molecule has 2 aliphatic heterocycles. The van der Waals surface area contributed by atoms with Crippen molar-refractivity contribution in [1.29, 1.82) is 0 Å². The summed E-state index contributed by atoms with van der Waals surface area (Å²) in [6.07, 6.45) is -0.432. The van der Waals surface area contributed by atoms with Crippen molar-refractivity contribution in [2.45, 2.75) is 32.6 Å². The van der Waals surface area contributed by atoms with Crippen molar-refractivity contribution >= 4 is 11.7 Å². The van der Waals surface area contributed by atoms with E-state index in [2.05, 4.69) is 10.3 Å². The molecule has 4 aromatic rings. The second-order valence-corrected chi connectivity index (χ2v) is 9.17. The number of halogens is 1. The van der Waals surface area contributed by atoms with E-state index in [0.29, 0.717) is 23.5 Å². The van der Waals surface area contributed by atoms with E-state index in [4.69, 9.17) is 10.5 Å². The van der Waals surface area contributed by atoms with Crippen molar-refractivity contribution in [3.8, 4) is 11.1 Å². The number of nitrogen functional groups attached to an aromatic ring is 1. The van der Waals surface area contributed by atoms with E-state index in [0.717, 1.165) is 44.6 Å². The first-order valence-corrected chi connectivity index (χ1v) is 11.6. The van der Waals surface area contributed by atoms with Crippen LogP contribution in [0.3, 0.4) is 0 Å². The van der Waals surface area contributed by atoms with E-state index >= 15 is 0 Å². The fourth-order valence-electron chi connectivity index (χ4n) is 5.28. The van der Waals surface area contributed by atoms with E-state index in [1.54, 1.807) is 12.1 Å². The number of rotatable bonds is 4. The molecule has 174 valence electrons. The summed E-state index contributed by atoms with van der Waals surface area (Å²) in [5, 5.41) is 3.01. The first kappa shape index (κ1) is 21.5. The van der Waals surface area contributed by atoms with Gasteiger partial charge < -0.3 is 15.8 Å². The van der Waals surface area contributed by atoms with Crippen LogP contribution in [0.15, 0.2) is 66.7 Å². The summed E-state index contributed by atoms with van der Waals surface area (Å²) in [5.74, 6) is 0.0825. The number of fused-ring (bicyclic) bond motifs is 8. The number of benzene rings is 3. The highest BCUT2D eigenvalue weighted by Gasteiger charge is 2.43. The minimum absolute atomic E-state index is 0.152. The summed E-state index contributed by atoms with van der Waals surface area (Å²) in [6.45, 7) is 4.24. The fourth-order valence-corrected chi connectivity index (χ4v) is 5.28. The molecule has 3 N–H and O–H groups in total. The van der Waals surface area contributed by atoms with Crippen LogP contribution >= 0.6 is 0 Å². The zero-order valence-electron chi connectivity index (χ0n) is 19.4. The first-order valence-electron chi connectivity index (χ1n) is 11.6. The van der Waals surface area contributed by atoms with Crippen molar-refractivity contribution in [3.63, 3.8) is 0 Å². The maximum atomic E-state index is 14.3. The minimum Gasteiger partial charge on any atom is -0.384 e. The van der Waals surface area contributed by atoms with Gasteiger partial charge in [-0.3, -0.25) is 4.79 Å². The second-order valence-electron chi connectivity index (χ2n) is 9.17. The van der Waals surface area contributed by atoms with Gasteiger partial charge >= 0.3 is 0 Å². The van der Waals surface area contributed by atoms with E-state index < -0.39 is 0 Å². The molecule has 0 spiro atoms. The Balaban J connectivity index is 1.25. The molecule has 0 saturated carbocycles. The van der Waals surface area contributed by atoms with Gasteiger partial charge in [0.05, 0.1) is 0 Å². The van der Waals surface area contributed by atoms with E-state index in [9.17, 15) is 9.18 Å². The van der Waals surface area contributed by atoms with Crippen molar-refractivity contribution in [1.82, 2.24) is 10.3 Å². The zero-order valence-corrected chi connectivity index (χ0v) is 19.4. The molecular formula is C29H24FN3O2. The average molecular weight is 466 g/mol. The van der Waals surface area contributed by atoms with Crippen molar-refractivity contribution in [2.75, 3.05) is 5.73 Å². The lowest BCUT2D eigenvalue weighted by atomic mass is 9.83. The van der Waals surface area contributed by atoms with Gasteiger partial charge in [0, 0.05) is 23.4 Å². The minimum atomic E-state index is -0.243. The van der Waals surface area contributed by atoms with Gasteiger partial charge in [0.1, 0.15) is 23.8 Å². The zero-order chi connectivity index (χ0) is 24.3. The smallest absolute Gasteiger partial charge is 0.251 e. The van der Waals surface area contributed by atoms with Crippen molar-refractivity contribution in [2.24, 2.45) is 0 Å². The number of carbonyl (C=O) groups excluding carboxylic acids is 1. The Hall–Kier alpha value is -4.03. The van der Waals surface area contributed by atoms with Crippen LogP contribution in [-0.4, -0.2) is 10.9 Å². The maximum absolute atomic E-state index is 14.3. The third-order valence-corrected chi connectivity index (χ3v) is 7.02. The number of nitrogens with two attached hydrogens (primary N) is 1. The summed E-state index contributed by atoms with van der Waals surface area (Å²) in [4.78, 5) is 17.3. The molecule has 2 aliphatic rings. The number of nitrogens with one attached hydrogen (secondary N) is 1. The normalized spacial score (nSPS) is 17.2. The lowest BCUT2D eigenvalue weighted by molar-refractivity contribution is 0.0857. The summed E-state index contributed by atoms with van der Waals surface area (Å²) < 4.78 is 20.6. The summed E-state index contributed by atoms with van der Waals surface area (Å²) in [5.41, 5.74) is 14.8. The Labute approximate surface area is 202 Å². The number of amides is 1. The third-order valence-electron chi connectivity index (χ3n) is 7.02. The lowest BCUT2D eigenvalue weighted by Gasteiger charge is -2.18. The van der Waals surface area contributed by atoms with Gasteiger partial charge in [-0.25, -0.2) is 9.37 Å². The fraction of sp³-hybridized carbons (Fsp3) is 0.172. The van der Waals surface area contributed by atoms with E-state index in [-0.39, 0.29) is 23.9 Å². The molecule has 1 aromatic heterocycles. The first-order chi connectivity index (χ1) is 16.9. The molecule has 6 heteroatoms. The van der Waals surface area contributed by atoms with Crippen LogP contribution in [0.2, 0.25) is 0 Å². The molecule has 2 atom stereocenters. The molecule has 3 aromatic carbocycles.